The van der Waals surface area contributed by atoms with E-state index in [1.807, 2.05) is 0 Å². The molecule has 1 heterocycles. The summed E-state index contributed by atoms with van der Waals surface area (Å²) in [6.45, 7) is -0.408. The van der Waals surface area contributed by atoms with E-state index in [0.717, 1.165) is 0 Å². The van der Waals surface area contributed by atoms with Crippen LogP contribution < -0.4 is 10.0 Å². The van der Waals surface area contributed by atoms with Gasteiger partial charge in [-0.05, 0) is 6.42 Å². The van der Waals surface area contributed by atoms with E-state index in [0.29, 0.717) is 12.0 Å². The third-order valence-corrected chi connectivity index (χ3v) is 4.77. The highest BCUT2D eigenvalue weighted by atomic mass is 35.5. The summed E-state index contributed by atoms with van der Waals surface area (Å²) in [5.41, 5.74) is 0.407. The highest BCUT2D eigenvalue weighted by molar-refractivity contribution is 7.85. The minimum Gasteiger partial charge on any atom is -0.275 e. The van der Waals surface area contributed by atoms with Gasteiger partial charge in [-0.15, -0.1) is 34.8 Å². The minimum atomic E-state index is -4.39. The van der Waals surface area contributed by atoms with Gasteiger partial charge in [0.05, 0.1) is 12.0 Å². The summed E-state index contributed by atoms with van der Waals surface area (Å²) in [6, 6.07) is -1.18. The predicted molar refractivity (Wildman–Crippen MR) is 93.9 cm³/mol. The van der Waals surface area contributed by atoms with Crippen LogP contribution in [0, 0.1) is 0 Å². The first-order valence-electron chi connectivity index (χ1n) is 6.14. The quantitative estimate of drug-likeness (QED) is 0.456. The average Bonchev–Trinajstić information content (AvgIpc) is 2.48. The largest absolute Gasteiger partial charge is 0.363 e. The number of aromatic nitrogens is 2. The predicted octanol–water partition coefficient (Wildman–Crippen LogP) is 2.79. The fourth-order valence-corrected chi connectivity index (χ4v) is 2.94. The number of halogens is 5. The van der Waals surface area contributed by atoms with Crippen molar-refractivity contribution in [1.82, 2.24) is 14.7 Å². The number of rotatable bonds is 8. The Labute approximate surface area is 163 Å². The maximum atomic E-state index is 11.6. The molecule has 1 unspecified atom stereocenters. The van der Waals surface area contributed by atoms with Gasteiger partial charge in [-0.1, -0.05) is 23.2 Å². The highest BCUT2D eigenvalue weighted by Gasteiger charge is 2.19. The molecule has 0 aliphatic heterocycles. The smallest absolute Gasteiger partial charge is 0.275 e. The Balaban J connectivity index is 2.71. The highest BCUT2D eigenvalue weighted by Crippen LogP contribution is 2.23. The maximum absolute atomic E-state index is 11.6. The SMILES string of the molecule is O=C(Nc1nc(Cl)c(CCCl)c(Cl)n1)NS(=O)(=O)OCC(Cl)CCl. The molecule has 1 atom stereocenters. The Hall–Kier alpha value is -0.290. The normalized spacial score (nSPS) is 12.7. The van der Waals surface area contributed by atoms with Crippen molar-refractivity contribution in [2.45, 2.75) is 11.8 Å². The third-order valence-electron chi connectivity index (χ3n) is 2.27. The van der Waals surface area contributed by atoms with Crippen LogP contribution in [0.4, 0.5) is 10.7 Å². The maximum Gasteiger partial charge on any atom is 0.363 e. The molecule has 8 nitrogen and oxygen atoms in total. The van der Waals surface area contributed by atoms with Crippen LogP contribution in [-0.2, 0) is 20.9 Å². The molecule has 0 aliphatic carbocycles. The first-order chi connectivity index (χ1) is 11.2. The fourth-order valence-electron chi connectivity index (χ4n) is 1.27. The zero-order valence-corrected chi connectivity index (χ0v) is 16.3. The monoisotopic (exact) mass is 458 g/mol. The first-order valence-corrected chi connectivity index (χ1v) is 9.81. The van der Waals surface area contributed by atoms with Crippen molar-refractivity contribution in [3.05, 3.63) is 15.9 Å². The molecule has 24 heavy (non-hydrogen) atoms. The Morgan fingerprint density at radius 3 is 2.29 bits per heavy atom. The fraction of sp³-hybridized carbons (Fsp3) is 0.500. The van der Waals surface area contributed by atoms with Gasteiger partial charge >= 0.3 is 16.3 Å². The lowest BCUT2D eigenvalue weighted by molar-refractivity contribution is 0.253. The van der Waals surface area contributed by atoms with E-state index in [1.165, 1.54) is 0 Å². The van der Waals surface area contributed by atoms with Crippen LogP contribution in [0.5, 0.6) is 0 Å². The van der Waals surface area contributed by atoms with Gasteiger partial charge in [-0.2, -0.15) is 8.42 Å². The average molecular weight is 461 g/mol. The molecule has 1 rings (SSSR count). The number of urea groups is 1. The summed E-state index contributed by atoms with van der Waals surface area (Å²) in [6.07, 6.45) is 0.327. The lowest BCUT2D eigenvalue weighted by Gasteiger charge is -2.10. The number of nitrogens with zero attached hydrogens (tertiary/aromatic N) is 2. The molecule has 136 valence electrons. The van der Waals surface area contributed by atoms with Crippen LogP contribution in [0.15, 0.2) is 0 Å². The van der Waals surface area contributed by atoms with Crippen molar-refractivity contribution in [3.8, 4) is 0 Å². The van der Waals surface area contributed by atoms with Gasteiger partial charge in [0.25, 0.3) is 0 Å². The number of nitrogens with one attached hydrogen (secondary N) is 2. The number of carbonyl (C=O) groups is 1. The summed E-state index contributed by atoms with van der Waals surface area (Å²) >= 11 is 28.4. The number of hydrogen-bond acceptors (Lipinski definition) is 6. The van der Waals surface area contributed by atoms with Crippen LogP contribution in [0.1, 0.15) is 5.56 Å². The molecule has 0 saturated carbocycles. The van der Waals surface area contributed by atoms with Crippen LogP contribution in [0.2, 0.25) is 10.3 Å². The lowest BCUT2D eigenvalue weighted by Crippen LogP contribution is -2.37. The zero-order valence-electron chi connectivity index (χ0n) is 11.7. The van der Waals surface area contributed by atoms with Crippen molar-refractivity contribution in [2.24, 2.45) is 0 Å². The van der Waals surface area contributed by atoms with E-state index in [9.17, 15) is 13.2 Å². The topological polar surface area (TPSA) is 110 Å². The van der Waals surface area contributed by atoms with E-state index in [2.05, 4.69) is 19.5 Å². The standard InChI is InChI=1S/C10H11Cl5N4O4S/c11-2-1-6-7(14)16-9(17-8(6)15)18-10(20)19-24(21,22)23-4-5(13)3-12/h5H,1-4H2,(H2,16,17,18,19,20). The Morgan fingerprint density at radius 1 is 1.21 bits per heavy atom. The third kappa shape index (κ3) is 7.30. The van der Waals surface area contributed by atoms with Gasteiger partial charge in [0.2, 0.25) is 5.95 Å². The Kier molecular flexibility index (Phi) is 9.07. The van der Waals surface area contributed by atoms with Gasteiger partial charge in [-0.25, -0.2) is 19.5 Å². The lowest BCUT2D eigenvalue weighted by atomic mass is 10.3. The van der Waals surface area contributed by atoms with Crippen LogP contribution in [0.25, 0.3) is 0 Å². The molecule has 0 saturated heterocycles. The van der Waals surface area contributed by atoms with E-state index in [4.69, 9.17) is 58.0 Å². The van der Waals surface area contributed by atoms with Crippen LogP contribution in [0.3, 0.4) is 0 Å². The van der Waals surface area contributed by atoms with Crippen molar-refractivity contribution >= 4 is 80.3 Å². The molecule has 0 aliphatic rings. The molecule has 2 N–H and O–H groups in total. The second-order valence-electron chi connectivity index (χ2n) is 4.09. The summed E-state index contributed by atoms with van der Waals surface area (Å²) < 4.78 is 29.1. The van der Waals surface area contributed by atoms with E-state index < -0.39 is 28.3 Å². The summed E-state index contributed by atoms with van der Waals surface area (Å²) in [5.74, 6) is -0.0786. The van der Waals surface area contributed by atoms with Crippen molar-refractivity contribution in [3.63, 3.8) is 0 Å². The van der Waals surface area contributed by atoms with Gasteiger partial charge in [0.1, 0.15) is 10.3 Å². The number of alkyl halides is 3. The van der Waals surface area contributed by atoms with Crippen LogP contribution in [-0.4, -0.2) is 48.2 Å². The van der Waals surface area contributed by atoms with Crippen LogP contribution >= 0.6 is 58.0 Å². The number of carbonyl (C=O) groups excluding carboxylic acids is 1. The van der Waals surface area contributed by atoms with Gasteiger partial charge < -0.3 is 0 Å². The zero-order chi connectivity index (χ0) is 18.3. The number of amides is 2. The van der Waals surface area contributed by atoms with Crippen molar-refractivity contribution in [1.29, 1.82) is 0 Å². The molecule has 0 fully saturated rings. The van der Waals surface area contributed by atoms with Crippen molar-refractivity contribution < 1.29 is 17.4 Å². The molecular weight excluding hydrogens is 449 g/mol. The summed E-state index contributed by atoms with van der Waals surface area (Å²) in [5, 5.41) is 1.29. The van der Waals surface area contributed by atoms with Crippen molar-refractivity contribution in [2.75, 3.05) is 23.7 Å². The molecule has 0 radical (unpaired) electrons. The Morgan fingerprint density at radius 2 is 1.79 bits per heavy atom. The molecule has 0 spiro atoms. The Bertz CT molecular complexity index is 667. The van der Waals surface area contributed by atoms with E-state index in [1.54, 1.807) is 4.72 Å². The molecular formula is C10H11Cl5N4O4S. The van der Waals surface area contributed by atoms with E-state index >= 15 is 0 Å². The number of anilines is 1. The molecule has 0 aromatic carbocycles. The second kappa shape index (κ2) is 10.0. The minimum absolute atomic E-state index is 0.0165. The van der Waals surface area contributed by atoms with Gasteiger partial charge in [0.15, 0.2) is 0 Å². The summed E-state index contributed by atoms with van der Waals surface area (Å²) in [7, 11) is -4.39. The summed E-state index contributed by atoms with van der Waals surface area (Å²) in [4.78, 5) is 19.2. The molecule has 14 heteroatoms. The van der Waals surface area contributed by atoms with E-state index in [-0.39, 0.29) is 28.0 Å². The number of hydrogen-bond donors (Lipinski definition) is 2. The molecule has 2 amide bonds. The molecule has 1 aromatic rings. The van der Waals surface area contributed by atoms with Gasteiger partial charge in [0, 0.05) is 17.3 Å². The molecule has 0 bridgehead atoms. The van der Waals surface area contributed by atoms with Gasteiger partial charge in [-0.3, -0.25) is 9.50 Å². The molecule has 1 aromatic heterocycles. The second-order valence-corrected chi connectivity index (χ2v) is 7.46. The first kappa shape index (κ1) is 21.8.